The molecule has 2 aromatic carbocycles. The average molecular weight is 569 g/mol. The largest absolute Gasteiger partial charge is 0.493 e. The summed E-state index contributed by atoms with van der Waals surface area (Å²) < 4.78 is 12.4. The van der Waals surface area contributed by atoms with Crippen molar-refractivity contribution in [1.82, 2.24) is 14.0 Å². The number of amides is 2. The van der Waals surface area contributed by atoms with Crippen LogP contribution in [0.5, 0.6) is 11.5 Å². The van der Waals surface area contributed by atoms with Crippen molar-refractivity contribution < 1.29 is 19.1 Å². The molecule has 1 N–H and O–H groups in total. The van der Waals surface area contributed by atoms with Crippen LogP contribution < -0.4 is 19.3 Å². The van der Waals surface area contributed by atoms with Crippen molar-refractivity contribution >= 4 is 59.0 Å². The Kier molecular flexibility index (Phi) is 9.84. The number of anilines is 1. The zero-order valence-electron chi connectivity index (χ0n) is 21.1. The van der Waals surface area contributed by atoms with Gasteiger partial charge in [0, 0.05) is 11.8 Å². The van der Waals surface area contributed by atoms with Crippen LogP contribution in [-0.4, -0.2) is 43.1 Å². The van der Waals surface area contributed by atoms with Crippen molar-refractivity contribution in [2.45, 2.75) is 33.4 Å². The molecule has 2 amide bonds. The molecule has 1 unspecified atom stereocenters. The van der Waals surface area contributed by atoms with Gasteiger partial charge in [-0.15, -0.1) is 0 Å². The highest BCUT2D eigenvalue weighted by Gasteiger charge is 2.37. The van der Waals surface area contributed by atoms with E-state index in [4.69, 9.17) is 44.3 Å². The maximum atomic E-state index is 12.9. The first-order valence-electron chi connectivity index (χ1n) is 11.6. The number of nitrogens with zero attached hydrogens (tertiary/aromatic N) is 3. The quantitative estimate of drug-likeness (QED) is 0.196. The lowest BCUT2D eigenvalue weighted by Gasteiger charge is -2.33. The van der Waals surface area contributed by atoms with E-state index in [-0.39, 0.29) is 32.9 Å². The smallest absolute Gasteiger partial charge is 0.306 e. The van der Waals surface area contributed by atoms with Gasteiger partial charge in [-0.1, -0.05) is 66.8 Å². The average Bonchev–Trinajstić information content (AvgIpc) is 3.14. The van der Waals surface area contributed by atoms with E-state index < -0.39 is 0 Å². The van der Waals surface area contributed by atoms with Crippen LogP contribution in [0.3, 0.4) is 0 Å². The number of hydrogen-bond donors (Lipinski definition) is 1. The Morgan fingerprint density at radius 2 is 1.81 bits per heavy atom. The summed E-state index contributed by atoms with van der Waals surface area (Å²) in [7, 11) is 3.01. The molecule has 198 valence electrons. The van der Waals surface area contributed by atoms with Gasteiger partial charge in [0.25, 0.3) is 0 Å². The van der Waals surface area contributed by atoms with E-state index in [1.54, 1.807) is 22.8 Å². The van der Waals surface area contributed by atoms with E-state index in [1.165, 1.54) is 14.2 Å². The fourth-order valence-electron chi connectivity index (χ4n) is 4.15. The molecule has 0 aliphatic carbocycles. The number of hydrogen-bond acceptors (Lipinski definition) is 5. The Labute approximate surface area is 231 Å². The second-order valence-corrected chi connectivity index (χ2v) is 10.0. The molecule has 11 heteroatoms. The summed E-state index contributed by atoms with van der Waals surface area (Å²) in [5, 5.41) is 3.31. The fourth-order valence-corrected chi connectivity index (χ4v) is 4.95. The van der Waals surface area contributed by atoms with Gasteiger partial charge in [0.15, 0.2) is 28.2 Å². The van der Waals surface area contributed by atoms with Crippen molar-refractivity contribution in [1.29, 1.82) is 0 Å². The molecule has 1 aromatic heterocycles. The summed E-state index contributed by atoms with van der Waals surface area (Å²) in [4.78, 5) is 28.6. The molecule has 0 spiro atoms. The Morgan fingerprint density at radius 3 is 2.43 bits per heavy atom. The maximum Gasteiger partial charge on any atom is 0.306 e. The lowest BCUT2D eigenvalue weighted by Crippen LogP contribution is -2.49. The number of ether oxygens (including phenoxy) is 2. The van der Waals surface area contributed by atoms with Gasteiger partial charge in [-0.3, -0.25) is 4.79 Å². The summed E-state index contributed by atoms with van der Waals surface area (Å²) in [6, 6.07) is 10.8. The Morgan fingerprint density at radius 1 is 1.08 bits per heavy atom. The molecular formula is C26H30Cl3N4O4+. The first kappa shape index (κ1) is 28.8. The molecule has 0 saturated carbocycles. The van der Waals surface area contributed by atoms with E-state index in [0.717, 1.165) is 18.4 Å². The highest BCUT2D eigenvalue weighted by Crippen LogP contribution is 2.44. The third-order valence-electron chi connectivity index (χ3n) is 6.18. The van der Waals surface area contributed by atoms with Gasteiger partial charge in [-0.25, -0.2) is 14.3 Å². The molecule has 3 rings (SSSR count). The highest BCUT2D eigenvalue weighted by molar-refractivity contribution is 6.40. The number of methoxy groups -OCH3 is 2. The second kappa shape index (κ2) is 12.6. The van der Waals surface area contributed by atoms with E-state index in [0.29, 0.717) is 47.6 Å². The van der Waals surface area contributed by atoms with Gasteiger partial charge < -0.3 is 19.4 Å². The van der Waals surface area contributed by atoms with Gasteiger partial charge >= 0.3 is 6.41 Å². The second-order valence-electron chi connectivity index (χ2n) is 8.95. The van der Waals surface area contributed by atoms with Crippen LogP contribution >= 0.6 is 34.8 Å². The minimum atomic E-state index is -0.171. The maximum absolute atomic E-state index is 12.9. The van der Waals surface area contributed by atoms with Crippen molar-refractivity contribution in [2.24, 2.45) is 5.92 Å². The number of imidazole rings is 1. The number of carbonyl (C=O) groups excluding carboxylic acids is 2. The lowest BCUT2D eigenvalue weighted by atomic mass is 10.1. The van der Waals surface area contributed by atoms with Crippen molar-refractivity contribution in [3.8, 4) is 11.5 Å². The number of para-hydroxylation sites is 1. The first-order chi connectivity index (χ1) is 17.7. The molecule has 0 fully saturated rings. The number of aromatic nitrogens is 2. The number of benzene rings is 2. The molecule has 0 saturated heterocycles. The highest BCUT2D eigenvalue weighted by atomic mass is 35.5. The number of rotatable bonds is 13. The molecule has 1 atom stereocenters. The normalized spacial score (nSPS) is 12.8. The zero-order chi connectivity index (χ0) is 27.2. The molecule has 1 heterocycles. The number of quaternary nitrogens is 1. The summed E-state index contributed by atoms with van der Waals surface area (Å²) in [6.45, 7) is 5.01. The topological polar surface area (TPSA) is 82.5 Å². The van der Waals surface area contributed by atoms with E-state index in [2.05, 4.69) is 24.1 Å². The number of halogens is 3. The predicted molar refractivity (Wildman–Crippen MR) is 148 cm³/mol. The van der Waals surface area contributed by atoms with Crippen molar-refractivity contribution in [3.63, 3.8) is 0 Å². The molecule has 0 aliphatic rings. The third-order valence-corrected chi connectivity index (χ3v) is 7.29. The monoisotopic (exact) mass is 567 g/mol. The van der Waals surface area contributed by atoms with Crippen molar-refractivity contribution in [3.05, 3.63) is 63.1 Å². The van der Waals surface area contributed by atoms with E-state index in [9.17, 15) is 9.59 Å². The zero-order valence-corrected chi connectivity index (χ0v) is 23.4. The van der Waals surface area contributed by atoms with Crippen LogP contribution in [0.4, 0.5) is 11.4 Å². The van der Waals surface area contributed by atoms with E-state index in [1.807, 2.05) is 18.2 Å². The van der Waals surface area contributed by atoms with Crippen LogP contribution in [0.25, 0.3) is 0 Å². The third kappa shape index (κ3) is 6.21. The minimum Gasteiger partial charge on any atom is -0.493 e. The summed E-state index contributed by atoms with van der Waals surface area (Å²) >= 11 is 19.7. The van der Waals surface area contributed by atoms with Crippen molar-refractivity contribution in [2.75, 3.05) is 26.1 Å². The molecule has 8 nitrogen and oxygen atoms in total. The summed E-state index contributed by atoms with van der Waals surface area (Å²) in [5.74, 6) is 1.60. The SMILES string of the molecule is COc1ccc([N+](C=O)(CCC(C)C)Cc2nc(Cl)c(Cl)n2Cc2ccccc2NC=O)c(Cl)c1OC. The van der Waals surface area contributed by atoms with Gasteiger partial charge in [0.1, 0.15) is 16.7 Å². The molecule has 0 radical (unpaired) electrons. The first-order valence-corrected chi connectivity index (χ1v) is 12.8. The Bertz CT molecular complexity index is 1260. The van der Waals surface area contributed by atoms with Crippen LogP contribution in [0, 0.1) is 5.92 Å². The fraction of sp³-hybridized carbons (Fsp3) is 0.346. The lowest BCUT2D eigenvalue weighted by molar-refractivity contribution is -0.118. The molecular weight excluding hydrogens is 539 g/mol. The molecule has 0 aliphatic heterocycles. The number of carbonyl (C=O) groups is 2. The van der Waals surface area contributed by atoms with Gasteiger partial charge in [-0.2, -0.15) is 0 Å². The van der Waals surface area contributed by atoms with Crippen LogP contribution in [0.2, 0.25) is 15.3 Å². The Balaban J connectivity index is 2.15. The Hall–Kier alpha value is -2.78. The van der Waals surface area contributed by atoms with Crippen LogP contribution in [0.1, 0.15) is 31.7 Å². The van der Waals surface area contributed by atoms with Gasteiger partial charge in [-0.05, 0) is 30.0 Å². The standard InChI is InChI=1S/C26H29Cl3N4O4/c1-17(2)11-12-33(16-35,20-9-10-21(36-3)24(37-4)23(20)27)14-22-31-25(28)26(29)32(22)13-18-7-5-6-8-19(18)30-15-34/h5-10,15-17H,11-14H2,1-4H3/p+1. The van der Waals surface area contributed by atoms with Gasteiger partial charge in [0.05, 0.1) is 27.3 Å². The van der Waals surface area contributed by atoms with E-state index >= 15 is 0 Å². The molecule has 0 bridgehead atoms. The molecule has 37 heavy (non-hydrogen) atoms. The van der Waals surface area contributed by atoms with Crippen LogP contribution in [-0.2, 0) is 22.7 Å². The van der Waals surface area contributed by atoms with Gasteiger partial charge in [0.2, 0.25) is 6.41 Å². The number of nitrogens with one attached hydrogen (secondary N) is 1. The molecule has 3 aromatic rings. The summed E-state index contributed by atoms with van der Waals surface area (Å²) in [5.41, 5.74) is 1.96. The predicted octanol–water partition coefficient (Wildman–Crippen LogP) is 6.19. The minimum absolute atomic E-state index is 0.115. The summed E-state index contributed by atoms with van der Waals surface area (Å²) in [6.07, 6.45) is 2.21. The van der Waals surface area contributed by atoms with Crippen LogP contribution in [0.15, 0.2) is 36.4 Å².